The van der Waals surface area contributed by atoms with E-state index in [9.17, 15) is 4.79 Å². The lowest BCUT2D eigenvalue weighted by atomic mass is 9.82. The van der Waals surface area contributed by atoms with E-state index in [0.29, 0.717) is 6.54 Å². The summed E-state index contributed by atoms with van der Waals surface area (Å²) in [5, 5.41) is 3.04. The van der Waals surface area contributed by atoms with Crippen molar-refractivity contribution in [1.29, 1.82) is 0 Å². The normalized spacial score (nSPS) is 19.9. The van der Waals surface area contributed by atoms with Crippen molar-refractivity contribution in [3.8, 4) is 0 Å². The molecule has 6 heteroatoms. The van der Waals surface area contributed by atoms with Crippen LogP contribution >= 0.6 is 24.8 Å². The van der Waals surface area contributed by atoms with E-state index in [4.69, 9.17) is 5.73 Å². The van der Waals surface area contributed by atoms with Crippen LogP contribution in [0.15, 0.2) is 24.3 Å². The molecule has 1 aliphatic carbocycles. The van der Waals surface area contributed by atoms with Gasteiger partial charge in [0.2, 0.25) is 5.91 Å². The van der Waals surface area contributed by atoms with Crippen LogP contribution in [0, 0.1) is 0 Å². The van der Waals surface area contributed by atoms with Crippen LogP contribution in [-0.2, 0) is 17.9 Å². The molecule has 0 atom stereocenters. The number of hydrogen-bond donors (Lipinski definition) is 2. The number of halogens is 2. The Kier molecular flexibility index (Phi) is 10.7. The third-order valence-electron chi connectivity index (χ3n) is 5.78. The fraction of sp³-hybridized carbons (Fsp3) is 0.667. The standard InChI is InChI=1S/C21H33N3O.2ClH/c22-21(12-4-3-5-13-21)20(25)23-16-18-8-10-19(11-9-18)17-24-14-6-1-2-7-15-24;;/h8-11H,1-7,12-17,22H2,(H,23,25);2*1H. The number of carbonyl (C=O) groups excluding carboxylic acids is 1. The minimum Gasteiger partial charge on any atom is -0.350 e. The second-order valence-corrected chi connectivity index (χ2v) is 7.91. The van der Waals surface area contributed by atoms with E-state index in [0.717, 1.165) is 37.8 Å². The number of nitrogens with one attached hydrogen (secondary N) is 1. The van der Waals surface area contributed by atoms with Gasteiger partial charge in [-0.15, -0.1) is 24.8 Å². The largest absolute Gasteiger partial charge is 0.350 e. The molecule has 154 valence electrons. The molecule has 1 aromatic carbocycles. The third kappa shape index (κ3) is 7.26. The van der Waals surface area contributed by atoms with Crippen LogP contribution in [0.5, 0.6) is 0 Å². The van der Waals surface area contributed by atoms with Gasteiger partial charge in [0.15, 0.2) is 0 Å². The first-order valence-electron chi connectivity index (χ1n) is 10.0. The molecule has 1 saturated heterocycles. The molecule has 0 unspecified atom stereocenters. The van der Waals surface area contributed by atoms with Crippen LogP contribution in [0.1, 0.15) is 68.9 Å². The topological polar surface area (TPSA) is 58.4 Å². The van der Waals surface area contributed by atoms with Gasteiger partial charge < -0.3 is 11.1 Å². The zero-order valence-corrected chi connectivity index (χ0v) is 17.9. The number of amides is 1. The van der Waals surface area contributed by atoms with E-state index >= 15 is 0 Å². The summed E-state index contributed by atoms with van der Waals surface area (Å²) in [6, 6.07) is 8.67. The van der Waals surface area contributed by atoms with Gasteiger partial charge in [-0.1, -0.05) is 56.4 Å². The van der Waals surface area contributed by atoms with Gasteiger partial charge in [0, 0.05) is 13.1 Å². The Hall–Kier alpha value is -0.810. The highest BCUT2D eigenvalue weighted by Gasteiger charge is 2.34. The first-order valence-corrected chi connectivity index (χ1v) is 10.0. The van der Waals surface area contributed by atoms with E-state index < -0.39 is 5.54 Å². The molecule has 0 radical (unpaired) electrons. The second-order valence-electron chi connectivity index (χ2n) is 7.91. The lowest BCUT2D eigenvalue weighted by Crippen LogP contribution is -2.54. The summed E-state index contributed by atoms with van der Waals surface area (Å²) < 4.78 is 0. The van der Waals surface area contributed by atoms with Gasteiger partial charge >= 0.3 is 0 Å². The van der Waals surface area contributed by atoms with Crippen molar-refractivity contribution < 1.29 is 4.79 Å². The Balaban J connectivity index is 0.00000182. The molecule has 1 aromatic rings. The third-order valence-corrected chi connectivity index (χ3v) is 5.78. The highest BCUT2D eigenvalue weighted by molar-refractivity contribution is 5.86. The van der Waals surface area contributed by atoms with E-state index in [2.05, 4.69) is 34.5 Å². The number of carbonyl (C=O) groups is 1. The van der Waals surface area contributed by atoms with Crippen LogP contribution in [0.3, 0.4) is 0 Å². The molecule has 4 nitrogen and oxygen atoms in total. The molecule has 3 N–H and O–H groups in total. The molecule has 0 bridgehead atoms. The first kappa shape index (κ1) is 24.2. The molecule has 1 aliphatic heterocycles. The summed E-state index contributed by atoms with van der Waals surface area (Å²) in [4.78, 5) is 15.0. The number of nitrogens with two attached hydrogens (primary N) is 1. The summed E-state index contributed by atoms with van der Waals surface area (Å²) in [7, 11) is 0. The van der Waals surface area contributed by atoms with E-state index in [1.54, 1.807) is 0 Å². The van der Waals surface area contributed by atoms with E-state index in [1.807, 2.05) is 0 Å². The van der Waals surface area contributed by atoms with E-state index in [-0.39, 0.29) is 30.7 Å². The van der Waals surface area contributed by atoms with Crippen LogP contribution in [-0.4, -0.2) is 29.4 Å². The van der Waals surface area contributed by atoms with Crippen molar-refractivity contribution in [2.24, 2.45) is 5.73 Å². The maximum absolute atomic E-state index is 12.4. The predicted octanol–water partition coefficient (Wildman–Crippen LogP) is 4.18. The molecule has 27 heavy (non-hydrogen) atoms. The second kappa shape index (κ2) is 11.9. The fourth-order valence-corrected chi connectivity index (χ4v) is 4.08. The molecular formula is C21H35Cl2N3O. The van der Waals surface area contributed by atoms with Crippen molar-refractivity contribution in [2.45, 2.75) is 76.4 Å². The Labute approximate surface area is 176 Å². The quantitative estimate of drug-likeness (QED) is 0.757. The number of rotatable bonds is 5. The maximum Gasteiger partial charge on any atom is 0.240 e. The predicted molar refractivity (Wildman–Crippen MR) is 117 cm³/mol. The zero-order valence-electron chi connectivity index (χ0n) is 16.3. The maximum atomic E-state index is 12.4. The van der Waals surface area contributed by atoms with Crippen molar-refractivity contribution >= 4 is 30.7 Å². The lowest BCUT2D eigenvalue weighted by molar-refractivity contribution is -0.127. The summed E-state index contributed by atoms with van der Waals surface area (Å²) in [6.45, 7) is 4.05. The van der Waals surface area contributed by atoms with Crippen LogP contribution < -0.4 is 11.1 Å². The van der Waals surface area contributed by atoms with E-state index in [1.165, 1.54) is 50.8 Å². The number of benzene rings is 1. The lowest BCUT2D eigenvalue weighted by Gasteiger charge is -2.31. The molecule has 0 aromatic heterocycles. The zero-order chi connectivity index (χ0) is 17.5. The minimum atomic E-state index is -0.648. The summed E-state index contributed by atoms with van der Waals surface area (Å²) in [6.07, 6.45) is 10.3. The monoisotopic (exact) mass is 415 g/mol. The Bertz CT molecular complexity index is 551. The average molecular weight is 416 g/mol. The summed E-state index contributed by atoms with van der Waals surface area (Å²) in [5.74, 6) is 0.0147. The van der Waals surface area contributed by atoms with Gasteiger partial charge in [0.05, 0.1) is 5.54 Å². The van der Waals surface area contributed by atoms with Gasteiger partial charge in [-0.25, -0.2) is 0 Å². The van der Waals surface area contributed by atoms with Gasteiger partial charge in [0.1, 0.15) is 0 Å². The van der Waals surface area contributed by atoms with Gasteiger partial charge in [-0.05, 0) is 49.9 Å². The molecule has 1 heterocycles. The van der Waals surface area contributed by atoms with Crippen molar-refractivity contribution in [3.05, 3.63) is 35.4 Å². The molecule has 3 rings (SSSR count). The average Bonchev–Trinajstić information content (AvgIpc) is 2.90. The van der Waals surface area contributed by atoms with Gasteiger partial charge in [0.25, 0.3) is 0 Å². The van der Waals surface area contributed by atoms with Crippen LogP contribution in [0.4, 0.5) is 0 Å². The molecule has 2 fully saturated rings. The van der Waals surface area contributed by atoms with Gasteiger partial charge in [-0.3, -0.25) is 9.69 Å². The Morgan fingerprint density at radius 3 is 2.00 bits per heavy atom. The molecule has 1 saturated carbocycles. The summed E-state index contributed by atoms with van der Waals surface area (Å²) >= 11 is 0. The van der Waals surface area contributed by atoms with Crippen molar-refractivity contribution in [3.63, 3.8) is 0 Å². The summed E-state index contributed by atoms with van der Waals surface area (Å²) in [5.41, 5.74) is 8.15. The molecular weight excluding hydrogens is 381 g/mol. The number of nitrogens with zero attached hydrogens (tertiary/aromatic N) is 1. The minimum absolute atomic E-state index is 0. The van der Waals surface area contributed by atoms with Crippen LogP contribution in [0.2, 0.25) is 0 Å². The Morgan fingerprint density at radius 2 is 1.41 bits per heavy atom. The van der Waals surface area contributed by atoms with Crippen molar-refractivity contribution in [2.75, 3.05) is 13.1 Å². The van der Waals surface area contributed by atoms with Gasteiger partial charge in [-0.2, -0.15) is 0 Å². The fourth-order valence-electron chi connectivity index (χ4n) is 4.08. The molecule has 0 spiro atoms. The highest BCUT2D eigenvalue weighted by atomic mass is 35.5. The highest BCUT2D eigenvalue weighted by Crippen LogP contribution is 2.26. The van der Waals surface area contributed by atoms with Crippen LogP contribution in [0.25, 0.3) is 0 Å². The smallest absolute Gasteiger partial charge is 0.240 e. The van der Waals surface area contributed by atoms with Crippen molar-refractivity contribution in [1.82, 2.24) is 10.2 Å². The first-order chi connectivity index (χ1) is 12.2. The molecule has 2 aliphatic rings. The SMILES string of the molecule is Cl.Cl.NC1(C(=O)NCc2ccc(CN3CCCCCC3)cc2)CCCCC1. The number of likely N-dealkylation sites (tertiary alicyclic amines) is 1. The molecule has 1 amide bonds. The Morgan fingerprint density at radius 1 is 0.889 bits per heavy atom. The number of hydrogen-bond acceptors (Lipinski definition) is 3.